The van der Waals surface area contributed by atoms with Gasteiger partial charge in [0, 0.05) is 18.0 Å². The molecule has 2 rings (SSSR count). The van der Waals surface area contributed by atoms with Gasteiger partial charge >= 0.3 is 0 Å². The Labute approximate surface area is 100 Å². The number of carbonyl (C=O) groups excluding carboxylic acids is 1. The van der Waals surface area contributed by atoms with Crippen molar-refractivity contribution in [2.75, 3.05) is 0 Å². The summed E-state index contributed by atoms with van der Waals surface area (Å²) in [5.74, 6) is 0.183. The topological polar surface area (TPSA) is 78.1 Å². The molecule has 1 unspecified atom stereocenters. The molecular weight excluding hydrogens is 218 g/mol. The molecule has 0 saturated heterocycles. The zero-order valence-electron chi connectivity index (χ0n) is 9.93. The summed E-state index contributed by atoms with van der Waals surface area (Å²) in [4.78, 5) is 19.5. The Morgan fingerprint density at radius 1 is 1.41 bits per heavy atom. The van der Waals surface area contributed by atoms with Gasteiger partial charge in [0.2, 0.25) is 0 Å². The summed E-state index contributed by atoms with van der Waals surface area (Å²) in [6.45, 7) is 1.79. The van der Waals surface area contributed by atoms with Crippen LogP contribution >= 0.6 is 0 Å². The Balaban J connectivity index is 2.10. The maximum absolute atomic E-state index is 11.4. The SMILES string of the molecule is Cc1ncc(C(OC2CCCC2)C(N)=O)cn1. The lowest BCUT2D eigenvalue weighted by Gasteiger charge is -2.19. The number of carbonyl (C=O) groups is 1. The van der Waals surface area contributed by atoms with Crippen LogP contribution in [0.2, 0.25) is 0 Å². The van der Waals surface area contributed by atoms with Crippen LogP contribution in [-0.4, -0.2) is 22.0 Å². The van der Waals surface area contributed by atoms with Gasteiger partial charge < -0.3 is 10.5 Å². The summed E-state index contributed by atoms with van der Waals surface area (Å²) in [5, 5.41) is 0. The Kier molecular flexibility index (Phi) is 3.68. The van der Waals surface area contributed by atoms with Crippen LogP contribution in [0, 0.1) is 6.92 Å². The molecule has 2 N–H and O–H groups in total. The van der Waals surface area contributed by atoms with Crippen LogP contribution in [0.5, 0.6) is 0 Å². The van der Waals surface area contributed by atoms with Gasteiger partial charge in [-0.3, -0.25) is 4.79 Å². The van der Waals surface area contributed by atoms with E-state index >= 15 is 0 Å². The minimum atomic E-state index is -0.723. The highest BCUT2D eigenvalue weighted by Gasteiger charge is 2.25. The fourth-order valence-electron chi connectivity index (χ4n) is 2.06. The van der Waals surface area contributed by atoms with E-state index in [1.807, 2.05) is 0 Å². The van der Waals surface area contributed by atoms with Crippen molar-refractivity contribution in [3.63, 3.8) is 0 Å². The van der Waals surface area contributed by atoms with Gasteiger partial charge in [-0.1, -0.05) is 12.8 Å². The highest BCUT2D eigenvalue weighted by molar-refractivity contribution is 5.80. The molecule has 1 aromatic rings. The lowest BCUT2D eigenvalue weighted by Crippen LogP contribution is -2.27. The van der Waals surface area contributed by atoms with Gasteiger partial charge in [0.05, 0.1) is 6.10 Å². The Morgan fingerprint density at radius 2 is 2.00 bits per heavy atom. The molecule has 5 heteroatoms. The molecule has 17 heavy (non-hydrogen) atoms. The monoisotopic (exact) mass is 235 g/mol. The predicted octanol–water partition coefficient (Wildman–Crippen LogP) is 1.27. The van der Waals surface area contributed by atoms with E-state index in [0.717, 1.165) is 25.7 Å². The zero-order valence-corrected chi connectivity index (χ0v) is 9.93. The van der Waals surface area contributed by atoms with Crippen molar-refractivity contribution in [2.24, 2.45) is 5.73 Å². The van der Waals surface area contributed by atoms with Gasteiger partial charge in [-0.25, -0.2) is 9.97 Å². The third-order valence-electron chi connectivity index (χ3n) is 2.99. The smallest absolute Gasteiger partial charge is 0.251 e. The average molecular weight is 235 g/mol. The van der Waals surface area contributed by atoms with Crippen LogP contribution in [0.1, 0.15) is 43.2 Å². The van der Waals surface area contributed by atoms with Crippen molar-refractivity contribution in [1.29, 1.82) is 0 Å². The fourth-order valence-corrected chi connectivity index (χ4v) is 2.06. The van der Waals surface area contributed by atoms with Crippen LogP contribution in [-0.2, 0) is 9.53 Å². The fraction of sp³-hybridized carbons (Fsp3) is 0.583. The van der Waals surface area contributed by atoms with Crippen molar-refractivity contribution in [3.05, 3.63) is 23.8 Å². The van der Waals surface area contributed by atoms with Gasteiger partial charge in [-0.15, -0.1) is 0 Å². The van der Waals surface area contributed by atoms with Gasteiger partial charge in [0.1, 0.15) is 5.82 Å². The zero-order chi connectivity index (χ0) is 12.3. The molecule has 0 aliphatic heterocycles. The number of hydrogen-bond donors (Lipinski definition) is 1. The number of rotatable bonds is 4. The van der Waals surface area contributed by atoms with Crippen LogP contribution in [0.25, 0.3) is 0 Å². The molecule has 1 fully saturated rings. The maximum Gasteiger partial charge on any atom is 0.251 e. The third kappa shape index (κ3) is 3.00. The second kappa shape index (κ2) is 5.23. The first-order valence-electron chi connectivity index (χ1n) is 5.90. The summed E-state index contributed by atoms with van der Waals surface area (Å²) in [5.41, 5.74) is 6.00. The van der Waals surface area contributed by atoms with E-state index in [9.17, 15) is 4.79 Å². The molecule has 1 saturated carbocycles. The number of primary amides is 1. The summed E-state index contributed by atoms with van der Waals surface area (Å²) < 4.78 is 5.74. The highest BCUT2D eigenvalue weighted by Crippen LogP contribution is 2.27. The standard InChI is InChI=1S/C12H17N3O2/c1-8-14-6-9(7-15-8)11(12(13)16)17-10-4-2-3-5-10/h6-7,10-11H,2-5H2,1H3,(H2,13,16). The summed E-state index contributed by atoms with van der Waals surface area (Å²) in [7, 11) is 0. The number of ether oxygens (including phenoxy) is 1. The first-order valence-corrected chi connectivity index (χ1v) is 5.90. The van der Waals surface area contributed by atoms with Crippen LogP contribution < -0.4 is 5.73 Å². The highest BCUT2D eigenvalue weighted by atomic mass is 16.5. The number of aromatic nitrogens is 2. The van der Waals surface area contributed by atoms with Gasteiger partial charge in [0.15, 0.2) is 6.10 Å². The van der Waals surface area contributed by atoms with Crippen molar-refractivity contribution in [3.8, 4) is 0 Å². The number of nitrogens with zero attached hydrogens (tertiary/aromatic N) is 2. The molecule has 1 aliphatic carbocycles. The van der Waals surface area contributed by atoms with E-state index in [2.05, 4.69) is 9.97 Å². The van der Waals surface area contributed by atoms with Crippen molar-refractivity contribution >= 4 is 5.91 Å². The molecule has 1 amide bonds. The van der Waals surface area contributed by atoms with E-state index in [4.69, 9.17) is 10.5 Å². The maximum atomic E-state index is 11.4. The van der Waals surface area contributed by atoms with Crippen LogP contribution in [0.15, 0.2) is 12.4 Å². The van der Waals surface area contributed by atoms with Crippen LogP contribution in [0.4, 0.5) is 0 Å². The summed E-state index contributed by atoms with van der Waals surface area (Å²) in [6.07, 6.45) is 6.92. The summed E-state index contributed by atoms with van der Waals surface area (Å²) >= 11 is 0. The molecule has 92 valence electrons. The number of aryl methyl sites for hydroxylation is 1. The minimum Gasteiger partial charge on any atom is -0.367 e. The first-order chi connectivity index (χ1) is 8.16. The lowest BCUT2D eigenvalue weighted by atomic mass is 10.1. The molecule has 1 aromatic heterocycles. The molecular formula is C12H17N3O2. The summed E-state index contributed by atoms with van der Waals surface area (Å²) in [6, 6.07) is 0. The third-order valence-corrected chi connectivity index (χ3v) is 2.99. The number of hydrogen-bond acceptors (Lipinski definition) is 4. The Morgan fingerprint density at radius 3 is 2.53 bits per heavy atom. The average Bonchev–Trinajstić information content (AvgIpc) is 2.80. The largest absolute Gasteiger partial charge is 0.367 e. The molecule has 1 heterocycles. The molecule has 0 bridgehead atoms. The second-order valence-electron chi connectivity index (χ2n) is 4.39. The molecule has 1 aliphatic rings. The van der Waals surface area contributed by atoms with Crippen LogP contribution in [0.3, 0.4) is 0 Å². The number of nitrogens with two attached hydrogens (primary N) is 1. The normalized spacial score (nSPS) is 18.2. The van der Waals surface area contributed by atoms with E-state index in [1.54, 1.807) is 19.3 Å². The molecule has 0 spiro atoms. The molecule has 1 atom stereocenters. The Bertz CT molecular complexity index is 385. The van der Waals surface area contributed by atoms with Crippen molar-refractivity contribution < 1.29 is 9.53 Å². The molecule has 0 aromatic carbocycles. The van der Waals surface area contributed by atoms with E-state index in [1.165, 1.54) is 0 Å². The molecule has 0 radical (unpaired) electrons. The quantitative estimate of drug-likeness (QED) is 0.852. The second-order valence-corrected chi connectivity index (χ2v) is 4.39. The lowest BCUT2D eigenvalue weighted by molar-refractivity contribution is -0.133. The van der Waals surface area contributed by atoms with E-state index < -0.39 is 12.0 Å². The minimum absolute atomic E-state index is 0.133. The van der Waals surface area contributed by atoms with Crippen molar-refractivity contribution in [2.45, 2.75) is 44.8 Å². The predicted molar refractivity (Wildman–Crippen MR) is 62.0 cm³/mol. The van der Waals surface area contributed by atoms with E-state index in [0.29, 0.717) is 11.4 Å². The number of amides is 1. The van der Waals surface area contributed by atoms with Crippen molar-refractivity contribution in [1.82, 2.24) is 9.97 Å². The Hall–Kier alpha value is -1.49. The van der Waals surface area contributed by atoms with Gasteiger partial charge in [-0.2, -0.15) is 0 Å². The molecule has 5 nitrogen and oxygen atoms in total. The first kappa shape index (κ1) is 12.0. The van der Waals surface area contributed by atoms with Gasteiger partial charge in [0.25, 0.3) is 5.91 Å². The van der Waals surface area contributed by atoms with Gasteiger partial charge in [-0.05, 0) is 19.8 Å². The van der Waals surface area contributed by atoms with E-state index in [-0.39, 0.29) is 6.10 Å².